The molecule has 0 atom stereocenters. The van der Waals surface area contributed by atoms with E-state index in [9.17, 15) is 20.2 Å². The molecule has 3 aromatic carbocycles. The van der Waals surface area contributed by atoms with Crippen molar-refractivity contribution in [2.75, 3.05) is 5.43 Å². The molecule has 0 radical (unpaired) electrons. The minimum Gasteiger partial charge on any atom is -0.271 e. The molecule has 8 nitrogen and oxygen atoms in total. The van der Waals surface area contributed by atoms with Crippen LogP contribution in [0.1, 0.15) is 18.1 Å². The summed E-state index contributed by atoms with van der Waals surface area (Å²) in [6.07, 6.45) is 1.87. The number of hydrazone groups is 1. The van der Waals surface area contributed by atoms with E-state index in [0.717, 1.165) is 22.8 Å². The van der Waals surface area contributed by atoms with Crippen LogP contribution in [0.3, 0.4) is 0 Å². The molecule has 0 spiro atoms. The Kier molecular flexibility index (Phi) is 6.29. The summed E-state index contributed by atoms with van der Waals surface area (Å²) in [5.41, 5.74) is 5.31. The molecule has 0 aromatic heterocycles. The second kappa shape index (κ2) is 9.24. The van der Waals surface area contributed by atoms with Crippen LogP contribution < -0.4 is 5.43 Å². The molecule has 0 bridgehead atoms. The van der Waals surface area contributed by atoms with Gasteiger partial charge in [-0.25, -0.2) is 0 Å². The van der Waals surface area contributed by atoms with Crippen LogP contribution in [0.25, 0.3) is 5.57 Å². The molecule has 0 aliphatic carbocycles. The van der Waals surface area contributed by atoms with Gasteiger partial charge in [0.1, 0.15) is 5.69 Å². The van der Waals surface area contributed by atoms with Gasteiger partial charge in [0, 0.05) is 11.6 Å². The maximum absolute atomic E-state index is 11.4. The maximum atomic E-state index is 11.4. The fraction of sp³-hybridized carbons (Fsp3) is 0.0455. The van der Waals surface area contributed by atoms with E-state index in [1.165, 1.54) is 12.1 Å². The van der Waals surface area contributed by atoms with Crippen molar-refractivity contribution in [3.8, 4) is 0 Å². The number of anilines is 1. The molecule has 0 unspecified atom stereocenters. The first kappa shape index (κ1) is 20.4. The summed E-state index contributed by atoms with van der Waals surface area (Å²) < 4.78 is 0. The zero-order valence-electron chi connectivity index (χ0n) is 16.1. The van der Waals surface area contributed by atoms with Crippen molar-refractivity contribution in [1.29, 1.82) is 0 Å². The summed E-state index contributed by atoms with van der Waals surface area (Å²) in [5.74, 6) is 0. The van der Waals surface area contributed by atoms with E-state index in [1.54, 1.807) is 0 Å². The van der Waals surface area contributed by atoms with Crippen molar-refractivity contribution in [1.82, 2.24) is 0 Å². The molecular weight excluding hydrogens is 384 g/mol. The lowest BCUT2D eigenvalue weighted by atomic mass is 10.0. The van der Waals surface area contributed by atoms with Crippen LogP contribution in [0, 0.1) is 20.2 Å². The molecular formula is C22H18N4O4. The molecule has 3 rings (SSSR count). The Labute approximate surface area is 172 Å². The topological polar surface area (TPSA) is 111 Å². The average Bonchev–Trinajstić information content (AvgIpc) is 2.77. The quantitative estimate of drug-likeness (QED) is 0.322. The number of non-ortho nitro benzene ring substituents is 1. The zero-order chi connectivity index (χ0) is 21.5. The van der Waals surface area contributed by atoms with Crippen LogP contribution >= 0.6 is 0 Å². The zero-order valence-corrected chi connectivity index (χ0v) is 16.1. The van der Waals surface area contributed by atoms with E-state index in [-0.39, 0.29) is 11.4 Å². The first-order valence-corrected chi connectivity index (χ1v) is 9.01. The highest BCUT2D eigenvalue weighted by Gasteiger charge is 2.19. The maximum Gasteiger partial charge on any atom is 0.301 e. The highest BCUT2D eigenvalue weighted by atomic mass is 16.6. The molecule has 1 N–H and O–H groups in total. The Morgan fingerprint density at radius 3 is 2.03 bits per heavy atom. The number of nitro groups is 2. The van der Waals surface area contributed by atoms with Gasteiger partial charge in [0.05, 0.1) is 21.6 Å². The van der Waals surface area contributed by atoms with Crippen molar-refractivity contribution >= 4 is 28.3 Å². The number of hydrogen-bond acceptors (Lipinski definition) is 6. The Morgan fingerprint density at radius 1 is 0.867 bits per heavy atom. The molecule has 0 heterocycles. The minimum atomic E-state index is -0.682. The summed E-state index contributed by atoms with van der Waals surface area (Å²) in [6.45, 7) is 1.95. The third kappa shape index (κ3) is 4.93. The van der Waals surface area contributed by atoms with Gasteiger partial charge in [0.25, 0.3) is 5.69 Å². The number of benzene rings is 3. The first-order valence-electron chi connectivity index (χ1n) is 9.01. The van der Waals surface area contributed by atoms with E-state index in [4.69, 9.17) is 0 Å². The average molecular weight is 402 g/mol. The van der Waals surface area contributed by atoms with Gasteiger partial charge in [0.15, 0.2) is 0 Å². The highest BCUT2D eigenvalue weighted by Crippen LogP contribution is 2.29. The summed E-state index contributed by atoms with van der Waals surface area (Å²) in [7, 11) is 0. The van der Waals surface area contributed by atoms with Crippen LogP contribution in [0.15, 0.2) is 90.0 Å². The molecule has 0 aliphatic heterocycles. The van der Waals surface area contributed by atoms with E-state index >= 15 is 0 Å². The van der Waals surface area contributed by atoms with Crippen LogP contribution in [-0.4, -0.2) is 15.6 Å². The molecule has 8 heteroatoms. The van der Waals surface area contributed by atoms with E-state index in [0.29, 0.717) is 5.71 Å². The Balaban J connectivity index is 2.01. The lowest BCUT2D eigenvalue weighted by molar-refractivity contribution is -0.393. The number of nitrogens with one attached hydrogen (secondary N) is 1. The summed E-state index contributed by atoms with van der Waals surface area (Å²) in [4.78, 5) is 20.9. The summed E-state index contributed by atoms with van der Waals surface area (Å²) in [6, 6.07) is 22.5. The van der Waals surface area contributed by atoms with Crippen molar-refractivity contribution in [3.63, 3.8) is 0 Å². The van der Waals surface area contributed by atoms with E-state index in [1.807, 2.05) is 73.7 Å². The predicted octanol–water partition coefficient (Wildman–Crippen LogP) is 5.42. The van der Waals surface area contributed by atoms with Crippen LogP contribution in [0.5, 0.6) is 0 Å². The molecule has 150 valence electrons. The summed E-state index contributed by atoms with van der Waals surface area (Å²) in [5, 5.41) is 26.6. The molecule has 0 saturated heterocycles. The third-order valence-corrected chi connectivity index (χ3v) is 4.34. The largest absolute Gasteiger partial charge is 0.301 e. The number of nitrogens with zero attached hydrogens (tertiary/aromatic N) is 3. The van der Waals surface area contributed by atoms with Gasteiger partial charge in [0.2, 0.25) is 0 Å². The van der Waals surface area contributed by atoms with Crippen LogP contribution in [0.2, 0.25) is 0 Å². The lowest BCUT2D eigenvalue weighted by Crippen LogP contribution is -2.04. The van der Waals surface area contributed by atoms with Crippen LogP contribution in [0.4, 0.5) is 17.1 Å². The molecule has 0 amide bonds. The number of nitro benzene ring substituents is 2. The van der Waals surface area contributed by atoms with E-state index < -0.39 is 15.5 Å². The minimum absolute atomic E-state index is 0.0600. The summed E-state index contributed by atoms with van der Waals surface area (Å²) >= 11 is 0. The number of hydrogen-bond donors (Lipinski definition) is 1. The van der Waals surface area contributed by atoms with Gasteiger partial charge in [-0.05, 0) is 30.2 Å². The second-order valence-electron chi connectivity index (χ2n) is 6.38. The van der Waals surface area contributed by atoms with E-state index in [2.05, 4.69) is 10.5 Å². The van der Waals surface area contributed by atoms with Crippen molar-refractivity contribution in [2.24, 2.45) is 5.10 Å². The second-order valence-corrected chi connectivity index (χ2v) is 6.38. The normalized spacial score (nSPS) is 11.8. The monoisotopic (exact) mass is 402 g/mol. The van der Waals surface area contributed by atoms with Gasteiger partial charge in [-0.1, -0.05) is 60.7 Å². The molecule has 3 aromatic rings. The predicted molar refractivity (Wildman–Crippen MR) is 116 cm³/mol. The van der Waals surface area contributed by atoms with Gasteiger partial charge >= 0.3 is 5.69 Å². The SMILES string of the molecule is CC(=C/C(=N\Nc1ccc([N+](=O)[O-])cc1[N+](=O)[O-])c1ccccc1)c1ccccc1. The lowest BCUT2D eigenvalue weighted by Gasteiger charge is -2.07. The van der Waals surface area contributed by atoms with Gasteiger partial charge < -0.3 is 0 Å². The Morgan fingerprint density at radius 2 is 1.47 bits per heavy atom. The number of rotatable bonds is 7. The Hall–Kier alpha value is -4.33. The molecule has 0 fully saturated rings. The van der Waals surface area contributed by atoms with Gasteiger partial charge in [-0.15, -0.1) is 0 Å². The first-order chi connectivity index (χ1) is 14.5. The smallest absolute Gasteiger partial charge is 0.271 e. The van der Waals surface area contributed by atoms with Crippen molar-refractivity contribution in [2.45, 2.75) is 6.92 Å². The van der Waals surface area contributed by atoms with Gasteiger partial charge in [-0.2, -0.15) is 5.10 Å². The van der Waals surface area contributed by atoms with Crippen LogP contribution in [-0.2, 0) is 0 Å². The standard InChI is InChI=1S/C22H18N4O4/c1-16(17-8-4-2-5-9-17)14-21(18-10-6-3-7-11-18)24-23-20-13-12-19(25(27)28)15-22(20)26(29)30/h2-15,23H,1H3/b16-14?,24-21+. The highest BCUT2D eigenvalue weighted by molar-refractivity contribution is 6.12. The molecule has 0 saturated carbocycles. The fourth-order valence-electron chi connectivity index (χ4n) is 2.78. The molecule has 30 heavy (non-hydrogen) atoms. The van der Waals surface area contributed by atoms with Crippen molar-refractivity contribution < 1.29 is 9.85 Å². The third-order valence-electron chi connectivity index (χ3n) is 4.34. The molecule has 0 aliphatic rings. The van der Waals surface area contributed by atoms with Crippen molar-refractivity contribution in [3.05, 3.63) is 116 Å². The number of allylic oxidation sites excluding steroid dienone is 2. The fourth-order valence-corrected chi connectivity index (χ4v) is 2.78. The van der Waals surface area contributed by atoms with Gasteiger partial charge in [-0.3, -0.25) is 25.7 Å². The Bertz CT molecular complexity index is 1130.